The summed E-state index contributed by atoms with van der Waals surface area (Å²) in [7, 11) is 1.61. The van der Waals surface area contributed by atoms with Crippen molar-refractivity contribution >= 4 is 18.2 Å². The number of rotatable bonds is 12. The molecular weight excluding hydrogens is 530 g/mol. The number of hydrogen-bond acceptors (Lipinski definition) is 10. The first-order chi connectivity index (χ1) is 19.9. The van der Waals surface area contributed by atoms with Crippen LogP contribution in [0, 0.1) is 0 Å². The van der Waals surface area contributed by atoms with Gasteiger partial charge in [0.1, 0.15) is 55.2 Å². The number of oxime groups is 1. The SMILES string of the molecule is COc1ccc(O[C@H]2C=C[C@@H](c3ccccc3)O[C@@H]2CO/N=C/C[C@@H]2C=C[C@H](OC(C)=O)[C@@H](COC(C)=O)O2)cc1. The Morgan fingerprint density at radius 3 is 2.24 bits per heavy atom. The molecule has 2 aromatic carbocycles. The molecule has 2 heterocycles. The number of hydrogen-bond donors (Lipinski definition) is 0. The van der Waals surface area contributed by atoms with Gasteiger partial charge in [0.05, 0.1) is 13.2 Å². The molecule has 0 spiro atoms. The minimum absolute atomic E-state index is 0.0353. The van der Waals surface area contributed by atoms with E-state index in [0.717, 1.165) is 11.3 Å². The molecule has 4 rings (SSSR count). The highest BCUT2D eigenvalue weighted by molar-refractivity contribution is 5.67. The van der Waals surface area contributed by atoms with Crippen LogP contribution in [0.25, 0.3) is 0 Å². The zero-order valence-electron chi connectivity index (χ0n) is 23.3. The van der Waals surface area contributed by atoms with Crippen LogP contribution < -0.4 is 9.47 Å². The standard InChI is InChI=1S/C31H35NO9/c1-21(33)36-19-30-28(38-22(2)34)14-13-26(40-30)17-18-32-37-20-31-29(39-25-11-9-24(35-3)10-12-25)16-15-27(41-31)23-7-5-4-6-8-23/h4-16,18,26-31H,17,19-20H2,1-3H3/b32-18+/t26-,27-,28-,29-,30+,31+/m0/s1. The van der Waals surface area contributed by atoms with Crippen molar-refractivity contribution in [3.05, 3.63) is 84.5 Å². The Morgan fingerprint density at radius 2 is 1.54 bits per heavy atom. The Kier molecular flexibility index (Phi) is 10.9. The Morgan fingerprint density at radius 1 is 0.829 bits per heavy atom. The maximum absolute atomic E-state index is 11.4. The average molecular weight is 566 g/mol. The van der Waals surface area contributed by atoms with Crippen molar-refractivity contribution in [2.75, 3.05) is 20.3 Å². The maximum atomic E-state index is 11.4. The number of esters is 2. The summed E-state index contributed by atoms with van der Waals surface area (Å²) in [6, 6.07) is 17.2. The van der Waals surface area contributed by atoms with Gasteiger partial charge in [-0.25, -0.2) is 0 Å². The smallest absolute Gasteiger partial charge is 0.303 e. The van der Waals surface area contributed by atoms with Crippen molar-refractivity contribution in [1.82, 2.24) is 0 Å². The molecular formula is C31H35NO9. The molecule has 0 aliphatic carbocycles. The van der Waals surface area contributed by atoms with E-state index < -0.39 is 36.4 Å². The number of carbonyl (C=O) groups is 2. The molecule has 2 aliphatic rings. The van der Waals surface area contributed by atoms with Crippen LogP contribution in [0.3, 0.4) is 0 Å². The van der Waals surface area contributed by atoms with E-state index in [-0.39, 0.29) is 25.4 Å². The van der Waals surface area contributed by atoms with E-state index in [0.29, 0.717) is 12.2 Å². The molecule has 2 aromatic rings. The summed E-state index contributed by atoms with van der Waals surface area (Å²) in [5, 5.41) is 4.10. The number of nitrogens with zero attached hydrogens (tertiary/aromatic N) is 1. The minimum atomic E-state index is -0.645. The number of ether oxygens (including phenoxy) is 6. The average Bonchev–Trinajstić information content (AvgIpc) is 2.98. The first-order valence-corrected chi connectivity index (χ1v) is 13.4. The minimum Gasteiger partial charge on any atom is -0.497 e. The highest BCUT2D eigenvalue weighted by atomic mass is 16.6. The van der Waals surface area contributed by atoms with E-state index >= 15 is 0 Å². The highest BCUT2D eigenvalue weighted by Crippen LogP contribution is 2.29. The number of benzene rings is 2. The molecule has 0 bridgehead atoms. The van der Waals surface area contributed by atoms with Gasteiger partial charge in [-0.05, 0) is 42.0 Å². The lowest BCUT2D eigenvalue weighted by Crippen LogP contribution is -2.41. The second-order valence-electron chi connectivity index (χ2n) is 9.44. The molecule has 0 amide bonds. The summed E-state index contributed by atoms with van der Waals surface area (Å²) in [5.74, 6) is 0.516. The monoisotopic (exact) mass is 565 g/mol. The van der Waals surface area contributed by atoms with Crippen molar-refractivity contribution in [1.29, 1.82) is 0 Å². The van der Waals surface area contributed by atoms with Crippen molar-refractivity contribution in [3.8, 4) is 11.5 Å². The summed E-state index contributed by atoms with van der Waals surface area (Å²) in [4.78, 5) is 28.3. The van der Waals surface area contributed by atoms with E-state index in [1.807, 2.05) is 66.7 Å². The molecule has 0 N–H and O–H groups in total. The Bertz CT molecular complexity index is 1210. The van der Waals surface area contributed by atoms with Crippen molar-refractivity contribution in [2.45, 2.75) is 56.9 Å². The van der Waals surface area contributed by atoms with Crippen LogP contribution in [0.1, 0.15) is 31.9 Å². The largest absolute Gasteiger partial charge is 0.497 e. The Balaban J connectivity index is 1.34. The van der Waals surface area contributed by atoms with Gasteiger partial charge in [0.2, 0.25) is 0 Å². The molecule has 0 radical (unpaired) electrons. The topological polar surface area (TPSA) is 111 Å². The third-order valence-corrected chi connectivity index (χ3v) is 6.33. The summed E-state index contributed by atoms with van der Waals surface area (Å²) < 4.78 is 34.1. The van der Waals surface area contributed by atoms with Crippen LogP contribution in [-0.4, -0.2) is 69.0 Å². The van der Waals surface area contributed by atoms with Crippen LogP contribution in [0.5, 0.6) is 11.5 Å². The van der Waals surface area contributed by atoms with Gasteiger partial charge in [-0.2, -0.15) is 0 Å². The normalized spacial score (nSPS) is 25.4. The predicted octanol–water partition coefficient (Wildman–Crippen LogP) is 4.35. The summed E-state index contributed by atoms with van der Waals surface area (Å²) >= 11 is 0. The Hall–Kier alpha value is -4.15. The second kappa shape index (κ2) is 15.0. The van der Waals surface area contributed by atoms with Crippen LogP contribution in [0.2, 0.25) is 0 Å². The molecule has 0 saturated heterocycles. The van der Waals surface area contributed by atoms with Crippen molar-refractivity contribution in [3.63, 3.8) is 0 Å². The van der Waals surface area contributed by atoms with Crippen LogP contribution in [0.4, 0.5) is 0 Å². The lowest BCUT2D eigenvalue weighted by molar-refractivity contribution is -0.163. The predicted molar refractivity (Wildman–Crippen MR) is 150 cm³/mol. The fourth-order valence-corrected chi connectivity index (χ4v) is 4.33. The fraction of sp³-hybridized carbons (Fsp3) is 0.387. The van der Waals surface area contributed by atoms with Gasteiger partial charge in [0.25, 0.3) is 0 Å². The van der Waals surface area contributed by atoms with E-state index in [2.05, 4.69) is 5.16 Å². The van der Waals surface area contributed by atoms with Gasteiger partial charge in [-0.1, -0.05) is 47.6 Å². The molecule has 41 heavy (non-hydrogen) atoms. The van der Waals surface area contributed by atoms with Gasteiger partial charge >= 0.3 is 11.9 Å². The quantitative estimate of drug-likeness (QED) is 0.161. The lowest BCUT2D eigenvalue weighted by atomic mass is 10.0. The molecule has 0 unspecified atom stereocenters. The first kappa shape index (κ1) is 29.8. The zero-order valence-corrected chi connectivity index (χ0v) is 23.3. The lowest BCUT2D eigenvalue weighted by Gasteiger charge is -2.32. The number of methoxy groups -OCH3 is 1. The van der Waals surface area contributed by atoms with Gasteiger partial charge in [-0.15, -0.1) is 0 Å². The molecule has 2 aliphatic heterocycles. The maximum Gasteiger partial charge on any atom is 0.303 e. The van der Waals surface area contributed by atoms with E-state index in [1.54, 1.807) is 25.5 Å². The first-order valence-electron chi connectivity index (χ1n) is 13.4. The van der Waals surface area contributed by atoms with Crippen LogP contribution in [-0.2, 0) is 33.4 Å². The molecule has 0 saturated carbocycles. The fourth-order valence-electron chi connectivity index (χ4n) is 4.33. The molecule has 10 heteroatoms. The van der Waals surface area contributed by atoms with Crippen molar-refractivity contribution in [2.24, 2.45) is 5.16 Å². The van der Waals surface area contributed by atoms with E-state index in [4.69, 9.17) is 33.3 Å². The van der Waals surface area contributed by atoms with E-state index in [1.165, 1.54) is 13.8 Å². The van der Waals surface area contributed by atoms with Crippen molar-refractivity contribution < 1.29 is 42.8 Å². The molecule has 10 nitrogen and oxygen atoms in total. The molecule has 0 fully saturated rings. The third kappa shape index (κ3) is 9.19. The zero-order chi connectivity index (χ0) is 29.0. The van der Waals surface area contributed by atoms with Gasteiger partial charge in [0.15, 0.2) is 0 Å². The number of carbonyl (C=O) groups excluding carboxylic acids is 2. The summed E-state index contributed by atoms with van der Waals surface area (Å²) in [5.41, 5.74) is 1.02. The molecule has 0 aromatic heterocycles. The molecule has 6 atom stereocenters. The van der Waals surface area contributed by atoms with E-state index in [9.17, 15) is 9.59 Å². The summed E-state index contributed by atoms with van der Waals surface area (Å²) in [6.07, 6.45) is 6.73. The van der Waals surface area contributed by atoms with Crippen LogP contribution >= 0.6 is 0 Å². The van der Waals surface area contributed by atoms with Gasteiger partial charge in [-0.3, -0.25) is 9.59 Å². The van der Waals surface area contributed by atoms with Gasteiger partial charge in [0, 0.05) is 26.5 Å². The Labute approximate surface area is 239 Å². The summed E-state index contributed by atoms with van der Waals surface area (Å²) in [6.45, 7) is 2.73. The second-order valence-corrected chi connectivity index (χ2v) is 9.44. The highest BCUT2D eigenvalue weighted by Gasteiger charge is 2.32. The molecule has 218 valence electrons. The van der Waals surface area contributed by atoms with Gasteiger partial charge < -0.3 is 33.3 Å². The third-order valence-electron chi connectivity index (χ3n) is 6.33. The van der Waals surface area contributed by atoms with Crippen LogP contribution in [0.15, 0.2) is 84.1 Å².